The van der Waals surface area contributed by atoms with E-state index >= 15 is 0 Å². The van der Waals surface area contributed by atoms with Gasteiger partial charge in [0.05, 0.1) is 12.6 Å². The molecule has 0 spiro atoms. The van der Waals surface area contributed by atoms with E-state index in [0.717, 1.165) is 0 Å². The van der Waals surface area contributed by atoms with Crippen molar-refractivity contribution >= 4 is 12.0 Å². The number of nitrogens with one attached hydrogen (secondary N) is 2. The average Bonchev–Trinajstić information content (AvgIpc) is 2.13. The third-order valence-corrected chi connectivity index (χ3v) is 1.38. The third kappa shape index (κ3) is 4.33. The van der Waals surface area contributed by atoms with E-state index in [1.54, 1.807) is 6.92 Å². The standard InChI is InChI=1S/C8H12N2O4/c1-3-5(2)9-8(14)10-6(4-11)7(12)13/h1,5-6,11H,4H2,2H3,(H,12,13)(H2,9,10,14). The first-order chi connectivity index (χ1) is 6.51. The van der Waals surface area contributed by atoms with Crippen LogP contribution in [0.15, 0.2) is 0 Å². The van der Waals surface area contributed by atoms with Crippen LogP contribution in [0.4, 0.5) is 4.79 Å². The van der Waals surface area contributed by atoms with Crippen LogP contribution in [0.3, 0.4) is 0 Å². The number of rotatable bonds is 4. The first-order valence-corrected chi connectivity index (χ1v) is 3.88. The van der Waals surface area contributed by atoms with E-state index in [0.29, 0.717) is 0 Å². The monoisotopic (exact) mass is 200 g/mol. The van der Waals surface area contributed by atoms with Gasteiger partial charge >= 0.3 is 12.0 Å². The molecule has 0 aliphatic carbocycles. The van der Waals surface area contributed by atoms with E-state index in [-0.39, 0.29) is 0 Å². The molecule has 0 radical (unpaired) electrons. The Morgan fingerprint density at radius 2 is 2.07 bits per heavy atom. The molecule has 0 saturated carbocycles. The fraction of sp³-hybridized carbons (Fsp3) is 0.500. The van der Waals surface area contributed by atoms with Gasteiger partial charge in [0.1, 0.15) is 0 Å². The molecule has 0 aliphatic heterocycles. The lowest BCUT2D eigenvalue weighted by Crippen LogP contribution is -2.49. The van der Waals surface area contributed by atoms with E-state index in [4.69, 9.17) is 16.6 Å². The van der Waals surface area contributed by atoms with Crippen LogP contribution < -0.4 is 10.6 Å². The largest absolute Gasteiger partial charge is 0.480 e. The van der Waals surface area contributed by atoms with Gasteiger partial charge in [-0.1, -0.05) is 5.92 Å². The van der Waals surface area contributed by atoms with Crippen molar-refractivity contribution in [2.45, 2.75) is 19.0 Å². The SMILES string of the molecule is C#CC(C)NC(=O)NC(CO)C(=O)O. The Kier molecular flexibility index (Phi) is 5.10. The number of hydrogen-bond acceptors (Lipinski definition) is 3. The summed E-state index contributed by atoms with van der Waals surface area (Å²) in [5.41, 5.74) is 0. The summed E-state index contributed by atoms with van der Waals surface area (Å²) >= 11 is 0. The molecule has 0 aromatic rings. The quantitative estimate of drug-likeness (QED) is 0.426. The van der Waals surface area contributed by atoms with Crippen molar-refractivity contribution in [2.24, 2.45) is 0 Å². The zero-order valence-electron chi connectivity index (χ0n) is 7.65. The molecule has 2 unspecified atom stereocenters. The molecule has 6 heteroatoms. The van der Waals surface area contributed by atoms with Crippen molar-refractivity contribution in [1.29, 1.82) is 0 Å². The number of aliphatic hydroxyl groups excluding tert-OH is 1. The summed E-state index contributed by atoms with van der Waals surface area (Å²) in [5.74, 6) is 0.925. The lowest BCUT2D eigenvalue weighted by molar-refractivity contribution is -0.140. The van der Waals surface area contributed by atoms with Crippen LogP contribution in [0.2, 0.25) is 0 Å². The molecule has 0 aromatic carbocycles. The van der Waals surface area contributed by atoms with Crippen LogP contribution >= 0.6 is 0 Å². The Labute approximate surface area is 81.3 Å². The number of aliphatic carboxylic acids is 1. The summed E-state index contributed by atoms with van der Waals surface area (Å²) in [7, 11) is 0. The number of urea groups is 1. The minimum absolute atomic E-state index is 0.497. The van der Waals surface area contributed by atoms with E-state index < -0.39 is 30.7 Å². The fourth-order valence-electron chi connectivity index (χ4n) is 0.624. The predicted molar refractivity (Wildman–Crippen MR) is 48.5 cm³/mol. The minimum atomic E-state index is -1.32. The average molecular weight is 200 g/mol. The lowest BCUT2D eigenvalue weighted by atomic mass is 10.3. The fourth-order valence-corrected chi connectivity index (χ4v) is 0.624. The lowest BCUT2D eigenvalue weighted by Gasteiger charge is -2.13. The second-order valence-corrected chi connectivity index (χ2v) is 2.58. The molecule has 0 saturated heterocycles. The van der Waals surface area contributed by atoms with Gasteiger partial charge in [0, 0.05) is 0 Å². The molecule has 4 N–H and O–H groups in total. The Balaban J connectivity index is 4.05. The first kappa shape index (κ1) is 12.3. The van der Waals surface area contributed by atoms with Crippen LogP contribution in [-0.2, 0) is 4.79 Å². The van der Waals surface area contributed by atoms with E-state index in [1.807, 2.05) is 5.32 Å². The maximum Gasteiger partial charge on any atom is 0.328 e. The van der Waals surface area contributed by atoms with Gasteiger partial charge in [-0.2, -0.15) is 0 Å². The van der Waals surface area contributed by atoms with Crippen molar-refractivity contribution in [3.8, 4) is 12.3 Å². The number of terminal acetylenes is 1. The van der Waals surface area contributed by atoms with Gasteiger partial charge < -0.3 is 20.8 Å². The minimum Gasteiger partial charge on any atom is -0.480 e. The molecular weight excluding hydrogens is 188 g/mol. The zero-order valence-corrected chi connectivity index (χ0v) is 7.65. The molecular formula is C8H12N2O4. The van der Waals surface area contributed by atoms with Crippen molar-refractivity contribution in [3.05, 3.63) is 0 Å². The second-order valence-electron chi connectivity index (χ2n) is 2.58. The van der Waals surface area contributed by atoms with Gasteiger partial charge in [0.25, 0.3) is 0 Å². The molecule has 0 fully saturated rings. The van der Waals surface area contributed by atoms with Gasteiger partial charge in [-0.25, -0.2) is 9.59 Å². The molecule has 2 atom stereocenters. The summed E-state index contributed by atoms with van der Waals surface area (Å²) in [4.78, 5) is 21.4. The molecule has 2 amide bonds. The summed E-state index contributed by atoms with van der Waals surface area (Å²) in [6.45, 7) is 0.890. The molecule has 0 aliphatic rings. The third-order valence-electron chi connectivity index (χ3n) is 1.38. The van der Waals surface area contributed by atoms with E-state index in [2.05, 4.69) is 11.2 Å². The van der Waals surface area contributed by atoms with Crippen molar-refractivity contribution < 1.29 is 19.8 Å². The predicted octanol–water partition coefficient (Wildman–Crippen LogP) is -1.25. The molecule has 14 heavy (non-hydrogen) atoms. The summed E-state index contributed by atoms with van der Waals surface area (Å²) in [6.07, 6.45) is 4.99. The summed E-state index contributed by atoms with van der Waals surface area (Å²) in [5, 5.41) is 21.4. The highest BCUT2D eigenvalue weighted by atomic mass is 16.4. The van der Waals surface area contributed by atoms with Gasteiger partial charge in [-0.05, 0) is 6.92 Å². The molecule has 0 bridgehead atoms. The van der Waals surface area contributed by atoms with Crippen molar-refractivity contribution in [2.75, 3.05) is 6.61 Å². The normalized spacial score (nSPS) is 13.5. The van der Waals surface area contributed by atoms with Crippen LogP contribution in [0.1, 0.15) is 6.92 Å². The highest BCUT2D eigenvalue weighted by Gasteiger charge is 2.18. The van der Waals surface area contributed by atoms with Gasteiger partial charge in [0.2, 0.25) is 0 Å². The summed E-state index contributed by atoms with van der Waals surface area (Å²) in [6, 6.07) is -2.54. The van der Waals surface area contributed by atoms with Crippen molar-refractivity contribution in [3.63, 3.8) is 0 Å². The van der Waals surface area contributed by atoms with Gasteiger partial charge in [0.15, 0.2) is 6.04 Å². The van der Waals surface area contributed by atoms with E-state index in [1.165, 1.54) is 0 Å². The maximum absolute atomic E-state index is 11.0. The first-order valence-electron chi connectivity index (χ1n) is 3.88. The Morgan fingerprint density at radius 3 is 2.43 bits per heavy atom. The molecule has 78 valence electrons. The van der Waals surface area contributed by atoms with Crippen molar-refractivity contribution in [1.82, 2.24) is 10.6 Å². The number of carboxylic acids is 1. The number of aliphatic hydroxyl groups is 1. The van der Waals surface area contributed by atoms with Gasteiger partial charge in [-0.3, -0.25) is 0 Å². The van der Waals surface area contributed by atoms with Crippen LogP contribution in [0.5, 0.6) is 0 Å². The van der Waals surface area contributed by atoms with Crippen LogP contribution in [0.25, 0.3) is 0 Å². The number of carbonyl (C=O) groups is 2. The molecule has 0 aromatic heterocycles. The van der Waals surface area contributed by atoms with Crippen LogP contribution in [0, 0.1) is 12.3 Å². The molecule has 0 heterocycles. The molecule has 0 rings (SSSR count). The maximum atomic E-state index is 11.0. The highest BCUT2D eigenvalue weighted by molar-refractivity contribution is 5.82. The zero-order chi connectivity index (χ0) is 11.1. The van der Waals surface area contributed by atoms with Crippen LogP contribution in [-0.4, -0.2) is 40.9 Å². The molecule has 6 nitrogen and oxygen atoms in total. The summed E-state index contributed by atoms with van der Waals surface area (Å²) < 4.78 is 0. The number of amides is 2. The topological polar surface area (TPSA) is 98.7 Å². The highest BCUT2D eigenvalue weighted by Crippen LogP contribution is 1.83. The van der Waals surface area contributed by atoms with E-state index in [9.17, 15) is 9.59 Å². The van der Waals surface area contributed by atoms with Gasteiger partial charge in [-0.15, -0.1) is 6.42 Å². The second kappa shape index (κ2) is 5.83. The number of carboxylic acid groups (broad SMARTS) is 1. The number of carbonyl (C=O) groups excluding carboxylic acids is 1. The number of hydrogen-bond donors (Lipinski definition) is 4. The Hall–Kier alpha value is -1.74. The Morgan fingerprint density at radius 1 is 1.50 bits per heavy atom. The smallest absolute Gasteiger partial charge is 0.328 e. The Bertz CT molecular complexity index is 259.